The molecule has 2 nitrogen and oxygen atoms in total. The van der Waals surface area contributed by atoms with Crippen LogP contribution in [0.1, 0.15) is 29.9 Å². The molecular formula is C13H16F3NO. The summed E-state index contributed by atoms with van der Waals surface area (Å²) < 4.78 is 40.2. The lowest BCUT2D eigenvalue weighted by Crippen LogP contribution is -2.28. The van der Waals surface area contributed by atoms with Gasteiger partial charge in [-0.2, -0.15) is 0 Å². The highest BCUT2D eigenvalue weighted by Gasteiger charge is 2.31. The third kappa shape index (κ3) is 3.38. The van der Waals surface area contributed by atoms with E-state index in [1.807, 2.05) is 6.92 Å². The number of aryl methyl sites for hydroxylation is 1. The molecule has 0 radical (unpaired) electrons. The van der Waals surface area contributed by atoms with Gasteiger partial charge in [-0.15, -0.1) is 13.2 Å². The number of hydrogen-bond donors (Lipinski definition) is 1. The number of ether oxygens (including phenoxy) is 1. The summed E-state index contributed by atoms with van der Waals surface area (Å²) in [7, 11) is 0. The van der Waals surface area contributed by atoms with Crippen molar-refractivity contribution in [3.8, 4) is 5.75 Å². The summed E-state index contributed by atoms with van der Waals surface area (Å²) in [6.45, 7) is 3.73. The average molecular weight is 259 g/mol. The molecule has 0 bridgehead atoms. The highest BCUT2D eigenvalue weighted by Crippen LogP contribution is 2.30. The molecule has 0 saturated carbocycles. The largest absolute Gasteiger partial charge is 0.573 e. The van der Waals surface area contributed by atoms with Crippen LogP contribution in [0.15, 0.2) is 18.2 Å². The average Bonchev–Trinajstić information content (AvgIpc) is 2.28. The van der Waals surface area contributed by atoms with E-state index in [0.29, 0.717) is 5.92 Å². The minimum absolute atomic E-state index is 0.146. The van der Waals surface area contributed by atoms with Crippen LogP contribution in [0.25, 0.3) is 0 Å². The lowest BCUT2D eigenvalue weighted by molar-refractivity contribution is -0.274. The SMILES string of the molecule is Cc1cc(OC(F)(F)F)ccc1C1CCCNC1. The fourth-order valence-corrected chi connectivity index (χ4v) is 2.42. The van der Waals surface area contributed by atoms with E-state index in [4.69, 9.17) is 0 Å². The Kier molecular flexibility index (Phi) is 3.80. The maximum Gasteiger partial charge on any atom is 0.573 e. The van der Waals surface area contributed by atoms with Crippen molar-refractivity contribution in [2.45, 2.75) is 32.0 Å². The van der Waals surface area contributed by atoms with Crippen LogP contribution < -0.4 is 10.1 Å². The van der Waals surface area contributed by atoms with Crippen LogP contribution in [0.3, 0.4) is 0 Å². The van der Waals surface area contributed by atoms with Crippen molar-refractivity contribution >= 4 is 0 Å². The Balaban J connectivity index is 2.14. The quantitative estimate of drug-likeness (QED) is 0.879. The first-order valence-corrected chi connectivity index (χ1v) is 6.03. The molecule has 1 unspecified atom stereocenters. The van der Waals surface area contributed by atoms with Crippen molar-refractivity contribution in [3.05, 3.63) is 29.3 Å². The Morgan fingerprint density at radius 2 is 2.11 bits per heavy atom. The molecule has 18 heavy (non-hydrogen) atoms. The Labute approximate surface area is 104 Å². The lowest BCUT2D eigenvalue weighted by atomic mass is 9.89. The van der Waals surface area contributed by atoms with Gasteiger partial charge in [-0.1, -0.05) is 6.07 Å². The van der Waals surface area contributed by atoms with E-state index in [1.54, 1.807) is 6.07 Å². The van der Waals surface area contributed by atoms with Gasteiger partial charge in [0, 0.05) is 6.54 Å². The van der Waals surface area contributed by atoms with Crippen LogP contribution in [0.4, 0.5) is 13.2 Å². The predicted molar refractivity (Wildman–Crippen MR) is 62.7 cm³/mol. The molecule has 1 saturated heterocycles. The van der Waals surface area contributed by atoms with Crippen molar-refractivity contribution in [1.82, 2.24) is 5.32 Å². The minimum Gasteiger partial charge on any atom is -0.406 e. The first-order valence-electron chi connectivity index (χ1n) is 6.03. The predicted octanol–water partition coefficient (Wildman–Crippen LogP) is 3.36. The topological polar surface area (TPSA) is 21.3 Å². The van der Waals surface area contributed by atoms with Crippen molar-refractivity contribution in [1.29, 1.82) is 0 Å². The van der Waals surface area contributed by atoms with E-state index >= 15 is 0 Å². The van der Waals surface area contributed by atoms with E-state index in [1.165, 1.54) is 12.1 Å². The van der Waals surface area contributed by atoms with Gasteiger partial charge in [-0.05, 0) is 55.5 Å². The lowest BCUT2D eigenvalue weighted by Gasteiger charge is -2.25. The molecule has 0 aromatic heterocycles. The van der Waals surface area contributed by atoms with E-state index < -0.39 is 6.36 Å². The second-order valence-electron chi connectivity index (χ2n) is 4.61. The van der Waals surface area contributed by atoms with Crippen LogP contribution in [-0.2, 0) is 0 Å². The molecule has 1 heterocycles. The van der Waals surface area contributed by atoms with Gasteiger partial charge >= 0.3 is 6.36 Å². The summed E-state index contributed by atoms with van der Waals surface area (Å²) in [6, 6.07) is 4.59. The molecular weight excluding hydrogens is 243 g/mol. The second kappa shape index (κ2) is 5.18. The molecule has 1 fully saturated rings. The highest BCUT2D eigenvalue weighted by molar-refractivity contribution is 5.37. The molecule has 1 aliphatic heterocycles. The van der Waals surface area contributed by atoms with Gasteiger partial charge < -0.3 is 10.1 Å². The summed E-state index contributed by atoms with van der Waals surface area (Å²) in [5.74, 6) is 0.242. The molecule has 1 aliphatic rings. The van der Waals surface area contributed by atoms with Gasteiger partial charge in [-0.3, -0.25) is 0 Å². The van der Waals surface area contributed by atoms with Gasteiger partial charge in [-0.25, -0.2) is 0 Å². The summed E-state index contributed by atoms with van der Waals surface area (Å²) in [5, 5.41) is 3.30. The Morgan fingerprint density at radius 3 is 2.67 bits per heavy atom. The number of hydrogen-bond acceptors (Lipinski definition) is 2. The van der Waals surface area contributed by atoms with E-state index in [9.17, 15) is 13.2 Å². The zero-order valence-electron chi connectivity index (χ0n) is 10.2. The second-order valence-corrected chi connectivity index (χ2v) is 4.61. The number of rotatable bonds is 2. The Hall–Kier alpha value is -1.23. The number of piperidine rings is 1. The molecule has 1 aromatic carbocycles. The van der Waals surface area contributed by atoms with Crippen LogP contribution >= 0.6 is 0 Å². The maximum absolute atomic E-state index is 12.1. The van der Waals surface area contributed by atoms with E-state index in [-0.39, 0.29) is 5.75 Å². The molecule has 0 aliphatic carbocycles. The summed E-state index contributed by atoms with van der Waals surface area (Å²) in [5.41, 5.74) is 1.96. The van der Waals surface area contributed by atoms with Gasteiger partial charge in [0.15, 0.2) is 0 Å². The normalized spacial score (nSPS) is 20.8. The number of halogens is 3. The van der Waals surface area contributed by atoms with Crippen molar-refractivity contribution in [3.63, 3.8) is 0 Å². The minimum atomic E-state index is -4.62. The first-order chi connectivity index (χ1) is 8.46. The summed E-state index contributed by atoms with van der Waals surface area (Å²) >= 11 is 0. The zero-order valence-corrected chi connectivity index (χ0v) is 10.2. The van der Waals surface area contributed by atoms with Crippen LogP contribution in [-0.4, -0.2) is 19.5 Å². The van der Waals surface area contributed by atoms with Crippen LogP contribution in [0, 0.1) is 6.92 Å². The monoisotopic (exact) mass is 259 g/mol. The first kappa shape index (κ1) is 13.2. The van der Waals surface area contributed by atoms with Gasteiger partial charge in [0.2, 0.25) is 0 Å². The molecule has 2 rings (SSSR count). The third-order valence-electron chi connectivity index (χ3n) is 3.21. The number of alkyl halides is 3. The molecule has 1 aromatic rings. The fraction of sp³-hybridized carbons (Fsp3) is 0.538. The van der Waals surface area contributed by atoms with Crippen molar-refractivity contribution in [2.75, 3.05) is 13.1 Å². The summed E-state index contributed by atoms with van der Waals surface area (Å²) in [6.07, 6.45) is -2.45. The molecule has 1 atom stereocenters. The molecule has 0 spiro atoms. The van der Waals surface area contributed by atoms with Gasteiger partial charge in [0.25, 0.3) is 0 Å². The highest BCUT2D eigenvalue weighted by atomic mass is 19.4. The maximum atomic E-state index is 12.1. The standard InChI is InChI=1S/C13H16F3NO/c1-9-7-11(18-13(14,15)16)4-5-12(9)10-3-2-6-17-8-10/h4-5,7,10,17H,2-3,6,8H2,1H3. The van der Waals surface area contributed by atoms with Gasteiger partial charge in [0.05, 0.1) is 0 Å². The number of nitrogens with one attached hydrogen (secondary N) is 1. The smallest absolute Gasteiger partial charge is 0.406 e. The third-order valence-corrected chi connectivity index (χ3v) is 3.21. The van der Waals surface area contributed by atoms with Gasteiger partial charge in [0.1, 0.15) is 5.75 Å². The fourth-order valence-electron chi connectivity index (χ4n) is 2.42. The summed E-state index contributed by atoms with van der Waals surface area (Å²) in [4.78, 5) is 0. The molecule has 100 valence electrons. The molecule has 5 heteroatoms. The van der Waals surface area contributed by atoms with Crippen molar-refractivity contribution < 1.29 is 17.9 Å². The Bertz CT molecular complexity index is 411. The van der Waals surface area contributed by atoms with Crippen LogP contribution in [0.2, 0.25) is 0 Å². The van der Waals surface area contributed by atoms with E-state index in [0.717, 1.165) is 37.1 Å². The Morgan fingerprint density at radius 1 is 1.33 bits per heavy atom. The molecule has 1 N–H and O–H groups in total. The van der Waals surface area contributed by atoms with Crippen molar-refractivity contribution in [2.24, 2.45) is 0 Å². The number of benzene rings is 1. The molecule has 0 amide bonds. The zero-order chi connectivity index (χ0) is 13.2. The van der Waals surface area contributed by atoms with E-state index in [2.05, 4.69) is 10.1 Å². The van der Waals surface area contributed by atoms with Crippen LogP contribution in [0.5, 0.6) is 5.75 Å².